The monoisotopic (exact) mass is 382 g/mol. The van der Waals surface area contributed by atoms with Crippen LogP contribution in [0.5, 0.6) is 0 Å². The second kappa shape index (κ2) is 24.0. The zero-order valence-electron chi connectivity index (χ0n) is 19.3. The molecule has 0 aromatic rings. The first kappa shape index (κ1) is 27.0. The molecule has 1 N–H and O–H groups in total. The van der Waals surface area contributed by atoms with E-state index in [2.05, 4.69) is 13.8 Å². The van der Waals surface area contributed by atoms with E-state index in [1.807, 2.05) is 0 Å². The van der Waals surface area contributed by atoms with E-state index in [0.29, 0.717) is 0 Å². The molecule has 0 aromatic carbocycles. The fourth-order valence-corrected chi connectivity index (χ4v) is 4.06. The highest BCUT2D eigenvalue weighted by molar-refractivity contribution is 4.58. The van der Waals surface area contributed by atoms with Crippen molar-refractivity contribution >= 4 is 0 Å². The summed E-state index contributed by atoms with van der Waals surface area (Å²) in [5.41, 5.74) is 0. The van der Waals surface area contributed by atoms with Gasteiger partial charge in [0.1, 0.15) is 0 Å². The lowest BCUT2D eigenvalue weighted by molar-refractivity contribution is 0.147. The van der Waals surface area contributed by atoms with Gasteiger partial charge in [0, 0.05) is 0 Å². The Balaban J connectivity index is 3.11. The third-order valence-corrected chi connectivity index (χ3v) is 6.03. The van der Waals surface area contributed by atoms with Crippen LogP contribution in [0, 0.1) is 0 Å². The standard InChI is InChI=1S/C26H54O/c1-3-5-7-9-11-13-14-15-16-17-19-21-23-25-26(27)24-22-20-18-12-10-8-6-4-2/h26-27H,3-25H2,1-2H3. The summed E-state index contributed by atoms with van der Waals surface area (Å²) in [6.45, 7) is 4.57. The summed E-state index contributed by atoms with van der Waals surface area (Å²) < 4.78 is 0. The van der Waals surface area contributed by atoms with Gasteiger partial charge >= 0.3 is 0 Å². The molecule has 0 aromatic heterocycles. The van der Waals surface area contributed by atoms with Gasteiger partial charge in [0.2, 0.25) is 0 Å². The van der Waals surface area contributed by atoms with Crippen molar-refractivity contribution in [2.24, 2.45) is 0 Å². The van der Waals surface area contributed by atoms with E-state index in [4.69, 9.17) is 0 Å². The van der Waals surface area contributed by atoms with Crippen LogP contribution in [-0.4, -0.2) is 11.2 Å². The van der Waals surface area contributed by atoms with Crippen molar-refractivity contribution in [1.29, 1.82) is 0 Å². The molecule has 0 aliphatic rings. The molecule has 0 heterocycles. The van der Waals surface area contributed by atoms with Gasteiger partial charge in [-0.25, -0.2) is 0 Å². The zero-order valence-corrected chi connectivity index (χ0v) is 19.3. The second-order valence-electron chi connectivity index (χ2n) is 8.95. The summed E-state index contributed by atoms with van der Waals surface area (Å²) in [5, 5.41) is 10.1. The minimum absolute atomic E-state index is 0.0298. The van der Waals surface area contributed by atoms with Crippen LogP contribution in [0.1, 0.15) is 162 Å². The summed E-state index contributed by atoms with van der Waals surface area (Å²) >= 11 is 0. The number of unbranched alkanes of at least 4 members (excludes halogenated alkanes) is 19. The van der Waals surface area contributed by atoms with Crippen molar-refractivity contribution in [2.75, 3.05) is 0 Å². The third kappa shape index (κ3) is 23.9. The Morgan fingerprint density at radius 1 is 0.370 bits per heavy atom. The maximum absolute atomic E-state index is 10.1. The average molecular weight is 383 g/mol. The highest BCUT2D eigenvalue weighted by Crippen LogP contribution is 2.16. The van der Waals surface area contributed by atoms with Crippen LogP contribution in [0.4, 0.5) is 0 Å². The highest BCUT2D eigenvalue weighted by atomic mass is 16.3. The summed E-state index contributed by atoms with van der Waals surface area (Å²) in [7, 11) is 0. The average Bonchev–Trinajstić information content (AvgIpc) is 2.67. The number of hydrogen-bond donors (Lipinski definition) is 1. The van der Waals surface area contributed by atoms with Gasteiger partial charge in [0.05, 0.1) is 6.10 Å². The van der Waals surface area contributed by atoms with Crippen LogP contribution in [0.3, 0.4) is 0 Å². The van der Waals surface area contributed by atoms with Gasteiger partial charge in [-0.3, -0.25) is 0 Å². The Hall–Kier alpha value is -0.0400. The van der Waals surface area contributed by atoms with E-state index < -0.39 is 0 Å². The largest absolute Gasteiger partial charge is 0.393 e. The molecule has 0 fully saturated rings. The van der Waals surface area contributed by atoms with E-state index in [9.17, 15) is 5.11 Å². The molecule has 0 amide bonds. The molecule has 1 unspecified atom stereocenters. The van der Waals surface area contributed by atoms with E-state index in [0.717, 1.165) is 12.8 Å². The SMILES string of the molecule is CCCCCCCCCCCCCCCC(O)CCCCCCCCCC. The fraction of sp³-hybridized carbons (Fsp3) is 1.00. The van der Waals surface area contributed by atoms with Crippen molar-refractivity contribution in [3.63, 3.8) is 0 Å². The van der Waals surface area contributed by atoms with Crippen LogP contribution in [0.15, 0.2) is 0 Å². The molecule has 0 bridgehead atoms. The van der Waals surface area contributed by atoms with Crippen molar-refractivity contribution in [3.8, 4) is 0 Å². The molecule has 1 nitrogen and oxygen atoms in total. The van der Waals surface area contributed by atoms with Gasteiger partial charge in [0.15, 0.2) is 0 Å². The van der Waals surface area contributed by atoms with Crippen molar-refractivity contribution < 1.29 is 5.11 Å². The molecular formula is C26H54O. The Morgan fingerprint density at radius 2 is 0.593 bits per heavy atom. The molecule has 0 saturated carbocycles. The molecule has 1 heteroatoms. The minimum atomic E-state index is -0.0298. The van der Waals surface area contributed by atoms with Crippen LogP contribution in [0.2, 0.25) is 0 Å². The van der Waals surface area contributed by atoms with Crippen LogP contribution < -0.4 is 0 Å². The molecule has 164 valence electrons. The Labute approximate surface area is 173 Å². The Kier molecular flexibility index (Phi) is 24.0. The Bertz CT molecular complexity index is 251. The number of hydrogen-bond acceptors (Lipinski definition) is 1. The topological polar surface area (TPSA) is 20.2 Å². The smallest absolute Gasteiger partial charge is 0.0540 e. The van der Waals surface area contributed by atoms with E-state index in [1.165, 1.54) is 135 Å². The van der Waals surface area contributed by atoms with Crippen molar-refractivity contribution in [3.05, 3.63) is 0 Å². The molecule has 0 saturated heterocycles. The summed E-state index contributed by atoms with van der Waals surface area (Å²) in [4.78, 5) is 0. The first-order valence-corrected chi connectivity index (χ1v) is 13.0. The summed E-state index contributed by atoms with van der Waals surface area (Å²) in [6.07, 6.45) is 31.2. The predicted molar refractivity (Wildman–Crippen MR) is 124 cm³/mol. The van der Waals surface area contributed by atoms with Gasteiger partial charge < -0.3 is 5.11 Å². The van der Waals surface area contributed by atoms with Crippen molar-refractivity contribution in [1.82, 2.24) is 0 Å². The molecule has 0 rings (SSSR count). The summed E-state index contributed by atoms with van der Waals surface area (Å²) in [6, 6.07) is 0. The third-order valence-electron chi connectivity index (χ3n) is 6.03. The van der Waals surface area contributed by atoms with Gasteiger partial charge in [-0.15, -0.1) is 0 Å². The zero-order chi connectivity index (χ0) is 19.8. The second-order valence-corrected chi connectivity index (χ2v) is 8.95. The summed E-state index contributed by atoms with van der Waals surface area (Å²) in [5.74, 6) is 0. The first-order chi connectivity index (χ1) is 13.3. The minimum Gasteiger partial charge on any atom is -0.393 e. The first-order valence-electron chi connectivity index (χ1n) is 13.0. The van der Waals surface area contributed by atoms with Gasteiger partial charge in [0.25, 0.3) is 0 Å². The van der Waals surface area contributed by atoms with Crippen LogP contribution in [0.25, 0.3) is 0 Å². The van der Waals surface area contributed by atoms with Crippen LogP contribution >= 0.6 is 0 Å². The lowest BCUT2D eigenvalue weighted by Gasteiger charge is -2.10. The maximum Gasteiger partial charge on any atom is 0.0540 e. The molecule has 1 atom stereocenters. The van der Waals surface area contributed by atoms with Crippen LogP contribution in [-0.2, 0) is 0 Å². The molecule has 0 aliphatic carbocycles. The molecule has 27 heavy (non-hydrogen) atoms. The molecular weight excluding hydrogens is 328 g/mol. The number of aliphatic hydroxyl groups excluding tert-OH is 1. The normalized spacial score (nSPS) is 12.6. The molecule has 0 aliphatic heterocycles. The quantitative estimate of drug-likeness (QED) is 0.174. The van der Waals surface area contributed by atoms with Crippen molar-refractivity contribution in [2.45, 2.75) is 168 Å². The molecule has 0 spiro atoms. The van der Waals surface area contributed by atoms with E-state index in [1.54, 1.807) is 0 Å². The van der Waals surface area contributed by atoms with E-state index in [-0.39, 0.29) is 6.10 Å². The predicted octanol–water partition coefficient (Wildman–Crippen LogP) is 9.36. The number of aliphatic hydroxyl groups is 1. The highest BCUT2D eigenvalue weighted by Gasteiger charge is 2.03. The van der Waals surface area contributed by atoms with Gasteiger partial charge in [-0.05, 0) is 12.8 Å². The number of rotatable bonds is 23. The van der Waals surface area contributed by atoms with E-state index >= 15 is 0 Å². The van der Waals surface area contributed by atoms with Gasteiger partial charge in [-0.1, -0.05) is 149 Å². The fourth-order valence-electron chi connectivity index (χ4n) is 4.06. The van der Waals surface area contributed by atoms with Gasteiger partial charge in [-0.2, -0.15) is 0 Å². The lowest BCUT2D eigenvalue weighted by Crippen LogP contribution is -2.05. The maximum atomic E-state index is 10.1. The lowest BCUT2D eigenvalue weighted by atomic mass is 10.0. The Morgan fingerprint density at radius 3 is 0.852 bits per heavy atom. The molecule has 0 radical (unpaired) electrons.